The fraction of sp³-hybridized carbons (Fsp3) is 0.645. The average molecular weight is 688 g/mol. The molecule has 3 fully saturated rings. The van der Waals surface area contributed by atoms with Crippen LogP contribution in [0.25, 0.3) is 0 Å². The van der Waals surface area contributed by atoms with Gasteiger partial charge in [0.25, 0.3) is 5.92 Å². The first-order valence-electron chi connectivity index (χ1n) is 15.7. The molecule has 12 nitrogen and oxygen atoms in total. The van der Waals surface area contributed by atoms with Gasteiger partial charge in [-0.2, -0.15) is 0 Å². The zero-order valence-electron chi connectivity index (χ0n) is 25.8. The van der Waals surface area contributed by atoms with Crippen molar-refractivity contribution in [2.75, 3.05) is 57.4 Å². The minimum atomic E-state index is -3.17. The predicted molar refractivity (Wildman–Crippen MR) is 164 cm³/mol. The number of carbonyl (C=O) groups is 1. The number of anilines is 1. The molecule has 2 aromatic rings. The highest BCUT2D eigenvalue weighted by Gasteiger charge is 2.72. The number of hydrogen-bond acceptors (Lipinski definition) is 11. The summed E-state index contributed by atoms with van der Waals surface area (Å²) in [5.41, 5.74) is -1.66. The molecular weight excluding hydrogens is 647 g/mol. The molecule has 4 unspecified atom stereocenters. The van der Waals surface area contributed by atoms with Crippen LogP contribution in [-0.2, 0) is 11.2 Å². The number of rotatable bonds is 14. The van der Waals surface area contributed by atoms with E-state index in [2.05, 4.69) is 14.9 Å². The summed E-state index contributed by atoms with van der Waals surface area (Å²) in [5.74, 6) is -2.81. The molecule has 1 spiro atoms. The van der Waals surface area contributed by atoms with E-state index >= 15 is 0 Å². The van der Waals surface area contributed by atoms with Crippen molar-refractivity contribution in [1.82, 2.24) is 19.8 Å². The number of carbonyl (C=O) groups excluding carboxylic acids is 1. The summed E-state index contributed by atoms with van der Waals surface area (Å²) in [7, 11) is 0. The summed E-state index contributed by atoms with van der Waals surface area (Å²) in [5, 5.41) is 49.1. The van der Waals surface area contributed by atoms with Crippen molar-refractivity contribution < 1.29 is 48.2 Å². The maximum absolute atomic E-state index is 14.9. The standard InChI is InChI=1S/C31H41ClF3N5O7/c32-21-12-36-29(37-13-21)38-7-5-19(6-8-38)2-1-9-47-22-4-3-20(23(33)11-22)10-26(44)39-16-30(17-39)31(34,35)18-40(30)14-24(42)27(45)28(46)25(43)15-41/h3-4,11-13,19,24-25,27-28,41-43,45-46H,1-2,5-10,14-18H2. The van der Waals surface area contributed by atoms with Gasteiger partial charge in [-0.05, 0) is 43.2 Å². The van der Waals surface area contributed by atoms with E-state index in [1.54, 1.807) is 18.5 Å². The molecule has 3 aliphatic rings. The maximum atomic E-state index is 14.9. The third-order valence-corrected chi connectivity index (χ3v) is 9.76. The number of benzene rings is 1. The molecule has 0 bridgehead atoms. The number of likely N-dealkylation sites (tertiary alicyclic amines) is 2. The van der Waals surface area contributed by atoms with Gasteiger partial charge in [0.2, 0.25) is 11.9 Å². The van der Waals surface area contributed by atoms with Crippen LogP contribution < -0.4 is 9.64 Å². The topological polar surface area (TPSA) is 163 Å². The van der Waals surface area contributed by atoms with E-state index in [0.29, 0.717) is 29.2 Å². The Balaban J connectivity index is 1.03. The van der Waals surface area contributed by atoms with Crippen molar-refractivity contribution in [2.45, 2.75) is 68.0 Å². The summed E-state index contributed by atoms with van der Waals surface area (Å²) in [6.45, 7) is -0.655. The van der Waals surface area contributed by atoms with E-state index in [-0.39, 0.29) is 25.1 Å². The zero-order chi connectivity index (χ0) is 33.9. The van der Waals surface area contributed by atoms with Crippen molar-refractivity contribution in [2.24, 2.45) is 5.92 Å². The minimum Gasteiger partial charge on any atom is -0.493 e. The fourth-order valence-electron chi connectivity index (χ4n) is 6.50. The largest absolute Gasteiger partial charge is 0.493 e. The molecule has 3 saturated heterocycles. The van der Waals surface area contributed by atoms with Gasteiger partial charge in [-0.15, -0.1) is 0 Å². The zero-order valence-corrected chi connectivity index (χ0v) is 26.5. The molecular formula is C31H41ClF3N5O7. The summed E-state index contributed by atoms with van der Waals surface area (Å²) >= 11 is 5.87. The first-order valence-corrected chi connectivity index (χ1v) is 16.1. The molecule has 0 saturated carbocycles. The van der Waals surface area contributed by atoms with Crippen molar-refractivity contribution in [3.63, 3.8) is 0 Å². The van der Waals surface area contributed by atoms with E-state index in [1.807, 2.05) is 0 Å². The number of β-amino-alcohol motifs (C(OH)–C–C–N with tert-alkyl or cyclic N) is 1. The Kier molecular flexibility index (Phi) is 11.2. The van der Waals surface area contributed by atoms with Gasteiger partial charge in [-0.1, -0.05) is 17.7 Å². The first kappa shape index (κ1) is 35.5. The fourth-order valence-corrected chi connectivity index (χ4v) is 6.59. The molecule has 1 aromatic carbocycles. The second-order valence-corrected chi connectivity index (χ2v) is 13.2. The van der Waals surface area contributed by atoms with Gasteiger partial charge in [0.15, 0.2) is 0 Å². The van der Waals surface area contributed by atoms with Crippen LogP contribution in [0.1, 0.15) is 31.2 Å². The lowest BCUT2D eigenvalue weighted by molar-refractivity contribution is -0.294. The van der Waals surface area contributed by atoms with Gasteiger partial charge in [0.1, 0.15) is 35.4 Å². The van der Waals surface area contributed by atoms with Crippen LogP contribution in [0.15, 0.2) is 30.6 Å². The highest BCUT2D eigenvalue weighted by atomic mass is 35.5. The molecule has 1 amide bonds. The van der Waals surface area contributed by atoms with Crippen LogP contribution in [0.4, 0.5) is 19.1 Å². The molecule has 5 rings (SSSR count). The molecule has 1 aromatic heterocycles. The number of aliphatic hydroxyl groups excluding tert-OH is 5. The Bertz CT molecular complexity index is 1370. The molecule has 0 aliphatic carbocycles. The molecule has 0 radical (unpaired) electrons. The van der Waals surface area contributed by atoms with Crippen molar-refractivity contribution in [1.29, 1.82) is 0 Å². The van der Waals surface area contributed by atoms with Gasteiger partial charge < -0.3 is 40.1 Å². The van der Waals surface area contributed by atoms with Crippen molar-refractivity contribution in [3.8, 4) is 5.75 Å². The SMILES string of the molecule is O=C(Cc1ccc(OCCCC2CCN(c3ncc(Cl)cn3)CC2)cc1F)N1CC2(C1)N(CC(O)C(O)C(O)C(O)CO)CC2(F)F. The van der Waals surface area contributed by atoms with Gasteiger partial charge in [-0.25, -0.2) is 23.1 Å². The van der Waals surface area contributed by atoms with Gasteiger partial charge in [0.05, 0.1) is 49.7 Å². The Hall–Kier alpha value is -2.79. The monoisotopic (exact) mass is 687 g/mol. The van der Waals surface area contributed by atoms with Crippen LogP contribution in [0, 0.1) is 11.7 Å². The van der Waals surface area contributed by atoms with E-state index in [1.165, 1.54) is 21.9 Å². The van der Waals surface area contributed by atoms with Crippen molar-refractivity contribution in [3.05, 3.63) is 47.0 Å². The van der Waals surface area contributed by atoms with Crippen LogP contribution >= 0.6 is 11.6 Å². The number of alkyl halides is 2. The van der Waals surface area contributed by atoms with Crippen LogP contribution in [0.2, 0.25) is 5.02 Å². The van der Waals surface area contributed by atoms with Crippen LogP contribution in [0.3, 0.4) is 0 Å². The van der Waals surface area contributed by atoms with Crippen LogP contribution in [-0.4, -0.2) is 140 Å². The lowest BCUT2D eigenvalue weighted by atomic mass is 9.73. The Morgan fingerprint density at radius 2 is 1.70 bits per heavy atom. The number of ether oxygens (including phenoxy) is 1. The highest BCUT2D eigenvalue weighted by molar-refractivity contribution is 6.30. The van der Waals surface area contributed by atoms with E-state index in [0.717, 1.165) is 38.8 Å². The second-order valence-electron chi connectivity index (χ2n) is 12.7. The Morgan fingerprint density at radius 1 is 1.04 bits per heavy atom. The number of piperidine rings is 1. The van der Waals surface area contributed by atoms with Crippen molar-refractivity contribution >= 4 is 23.5 Å². The van der Waals surface area contributed by atoms with E-state index in [9.17, 15) is 38.4 Å². The minimum absolute atomic E-state index is 0.104. The molecule has 4 heterocycles. The predicted octanol–water partition coefficient (Wildman–Crippen LogP) is 0.855. The summed E-state index contributed by atoms with van der Waals surface area (Å²) in [6.07, 6.45) is -0.591. The Morgan fingerprint density at radius 3 is 2.32 bits per heavy atom. The third kappa shape index (κ3) is 7.77. The van der Waals surface area contributed by atoms with Crippen LogP contribution in [0.5, 0.6) is 5.75 Å². The molecule has 4 atom stereocenters. The second kappa shape index (κ2) is 14.8. The number of aliphatic hydroxyl groups is 5. The molecule has 3 aliphatic heterocycles. The third-order valence-electron chi connectivity index (χ3n) is 9.56. The number of aromatic nitrogens is 2. The van der Waals surface area contributed by atoms with Gasteiger partial charge in [-0.3, -0.25) is 9.69 Å². The number of halogens is 4. The highest BCUT2D eigenvalue weighted by Crippen LogP contribution is 2.50. The lowest BCUT2D eigenvalue weighted by Crippen LogP contribution is -2.88. The lowest BCUT2D eigenvalue weighted by Gasteiger charge is -2.66. The summed E-state index contributed by atoms with van der Waals surface area (Å²) in [6, 6.07) is 4.23. The normalized spacial score (nSPS) is 21.9. The Labute approximate surface area is 275 Å². The smallest absolute Gasteiger partial charge is 0.281 e. The first-order chi connectivity index (χ1) is 22.3. The van der Waals surface area contributed by atoms with Gasteiger partial charge >= 0.3 is 0 Å². The maximum Gasteiger partial charge on any atom is 0.281 e. The van der Waals surface area contributed by atoms with E-state index < -0.39 is 67.3 Å². The number of nitrogens with zero attached hydrogens (tertiary/aromatic N) is 5. The molecule has 16 heteroatoms. The molecule has 5 N–H and O–H groups in total. The molecule has 47 heavy (non-hydrogen) atoms. The van der Waals surface area contributed by atoms with Gasteiger partial charge in [0, 0.05) is 38.8 Å². The molecule has 260 valence electrons. The average Bonchev–Trinajstić information content (AvgIpc) is 3.02. The van der Waals surface area contributed by atoms with E-state index in [4.69, 9.17) is 21.4 Å². The number of amides is 1. The number of hydrogen-bond donors (Lipinski definition) is 5. The summed E-state index contributed by atoms with van der Waals surface area (Å²) < 4.78 is 49.9. The summed E-state index contributed by atoms with van der Waals surface area (Å²) in [4.78, 5) is 25.9. The quantitative estimate of drug-likeness (QED) is 0.179.